The third kappa shape index (κ3) is 7.15. The summed E-state index contributed by atoms with van der Waals surface area (Å²) in [4.78, 5) is 4.40. The zero-order valence-electron chi connectivity index (χ0n) is 20.4. The molecule has 0 unspecified atom stereocenters. The van der Waals surface area contributed by atoms with Crippen LogP contribution >= 0.6 is 11.6 Å². The number of aryl methyl sites for hydroxylation is 1. The molecule has 0 spiro atoms. The first kappa shape index (κ1) is 26.4. The van der Waals surface area contributed by atoms with Crippen LogP contribution in [0.2, 0.25) is 5.02 Å². The Morgan fingerprint density at radius 1 is 1.06 bits per heavy atom. The molecular weight excluding hydrogens is 463 g/mol. The quantitative estimate of drug-likeness (QED) is 0.106. The monoisotopic (exact) mass is 492 g/mol. The molecule has 3 rings (SSSR count). The average molecular weight is 493 g/mol. The van der Waals surface area contributed by atoms with Gasteiger partial charge in [-0.05, 0) is 94.0 Å². The van der Waals surface area contributed by atoms with Gasteiger partial charge in [-0.3, -0.25) is 0 Å². The SMILES string of the molecule is CC(=C\c1ccccc1C)/C(=C(\CC(C)C)c1ccc(F)cc1Cl)c1ccc(/C=C/OOO)cc1. The largest absolute Gasteiger partial charge is 0.316 e. The van der Waals surface area contributed by atoms with Gasteiger partial charge in [0.15, 0.2) is 0 Å². The van der Waals surface area contributed by atoms with Gasteiger partial charge in [0.05, 0.1) is 5.02 Å². The molecule has 0 heterocycles. The molecule has 0 saturated carbocycles. The molecule has 0 saturated heterocycles. The van der Waals surface area contributed by atoms with Crippen LogP contribution in [-0.2, 0) is 9.93 Å². The summed E-state index contributed by atoms with van der Waals surface area (Å²) in [6, 6.07) is 20.8. The highest BCUT2D eigenvalue weighted by atomic mass is 35.5. The van der Waals surface area contributed by atoms with E-state index in [2.05, 4.69) is 55.8 Å². The van der Waals surface area contributed by atoms with Gasteiger partial charge >= 0.3 is 0 Å². The summed E-state index contributed by atoms with van der Waals surface area (Å²) in [5, 5.41) is 12.3. The molecule has 0 bridgehead atoms. The Bertz CT molecular complexity index is 1240. The molecule has 0 amide bonds. The highest BCUT2D eigenvalue weighted by Gasteiger charge is 2.18. The third-order valence-electron chi connectivity index (χ3n) is 5.68. The molecule has 1 N–H and O–H groups in total. The molecule has 0 atom stereocenters. The Balaban J connectivity index is 2.26. The zero-order valence-corrected chi connectivity index (χ0v) is 21.1. The van der Waals surface area contributed by atoms with Crippen molar-refractivity contribution in [3.63, 3.8) is 0 Å². The number of allylic oxidation sites excluding steroid dienone is 3. The first-order valence-corrected chi connectivity index (χ1v) is 11.8. The normalized spacial score (nSPS) is 12.9. The Hall–Kier alpha value is -3.18. The van der Waals surface area contributed by atoms with Gasteiger partial charge in [0, 0.05) is 0 Å². The van der Waals surface area contributed by atoms with E-state index in [1.807, 2.05) is 36.4 Å². The van der Waals surface area contributed by atoms with Crippen molar-refractivity contribution >= 4 is 34.9 Å². The van der Waals surface area contributed by atoms with Crippen LogP contribution in [0.4, 0.5) is 4.39 Å². The number of halogens is 2. The summed E-state index contributed by atoms with van der Waals surface area (Å²) in [6.07, 6.45) is 5.87. The van der Waals surface area contributed by atoms with Gasteiger partial charge in [0.2, 0.25) is 0 Å². The van der Waals surface area contributed by atoms with Gasteiger partial charge < -0.3 is 4.89 Å². The van der Waals surface area contributed by atoms with Crippen LogP contribution in [-0.4, -0.2) is 5.26 Å². The maximum atomic E-state index is 13.9. The number of rotatable bonds is 9. The van der Waals surface area contributed by atoms with E-state index in [0.717, 1.165) is 45.4 Å². The molecule has 5 heteroatoms. The van der Waals surface area contributed by atoms with E-state index in [9.17, 15) is 4.39 Å². The van der Waals surface area contributed by atoms with Crippen LogP contribution in [0.1, 0.15) is 55.0 Å². The van der Waals surface area contributed by atoms with Gasteiger partial charge in [0.25, 0.3) is 0 Å². The van der Waals surface area contributed by atoms with Crippen molar-refractivity contribution in [2.75, 3.05) is 0 Å². The summed E-state index contributed by atoms with van der Waals surface area (Å²) >= 11 is 6.58. The van der Waals surface area contributed by atoms with Crippen molar-refractivity contribution in [1.29, 1.82) is 0 Å². The van der Waals surface area contributed by atoms with E-state index in [1.165, 1.54) is 24.0 Å². The Morgan fingerprint density at radius 2 is 1.77 bits per heavy atom. The fraction of sp³-hybridized carbons (Fsp3) is 0.200. The molecule has 0 aromatic heterocycles. The van der Waals surface area contributed by atoms with Crippen molar-refractivity contribution in [3.8, 4) is 0 Å². The molecular formula is C30H30ClFO3. The Morgan fingerprint density at radius 3 is 2.40 bits per heavy atom. The average Bonchev–Trinajstić information content (AvgIpc) is 2.81. The van der Waals surface area contributed by atoms with Crippen LogP contribution in [0, 0.1) is 18.7 Å². The molecule has 3 nitrogen and oxygen atoms in total. The van der Waals surface area contributed by atoms with E-state index in [1.54, 1.807) is 12.1 Å². The van der Waals surface area contributed by atoms with Gasteiger partial charge in [-0.2, -0.15) is 0 Å². The van der Waals surface area contributed by atoms with E-state index in [0.29, 0.717) is 10.9 Å². The first-order chi connectivity index (χ1) is 16.8. The minimum Gasteiger partial charge on any atom is -0.316 e. The van der Waals surface area contributed by atoms with Gasteiger partial charge in [-0.1, -0.05) is 86.1 Å². The third-order valence-corrected chi connectivity index (χ3v) is 6.00. The molecule has 0 aliphatic heterocycles. The van der Waals surface area contributed by atoms with Crippen molar-refractivity contribution in [2.24, 2.45) is 5.92 Å². The van der Waals surface area contributed by atoms with Gasteiger partial charge in [-0.15, -0.1) is 0 Å². The minimum absolute atomic E-state index is 0.352. The molecule has 182 valence electrons. The van der Waals surface area contributed by atoms with Gasteiger partial charge in [-0.25, -0.2) is 9.65 Å². The van der Waals surface area contributed by atoms with Gasteiger partial charge in [0.1, 0.15) is 12.1 Å². The molecule has 3 aromatic carbocycles. The summed E-state index contributed by atoms with van der Waals surface area (Å²) < 4.78 is 13.9. The number of hydrogen-bond donors (Lipinski definition) is 1. The van der Waals surface area contributed by atoms with Crippen LogP contribution in [0.15, 0.2) is 78.6 Å². The first-order valence-electron chi connectivity index (χ1n) is 11.5. The number of hydrogen-bond acceptors (Lipinski definition) is 3. The van der Waals surface area contributed by atoms with Crippen LogP contribution in [0.3, 0.4) is 0 Å². The molecule has 0 fully saturated rings. The Kier molecular flexibility index (Phi) is 9.44. The highest BCUT2D eigenvalue weighted by Crippen LogP contribution is 2.39. The Labute approximate surface area is 211 Å². The highest BCUT2D eigenvalue weighted by molar-refractivity contribution is 6.32. The summed E-state index contributed by atoms with van der Waals surface area (Å²) in [5.41, 5.74) is 8.23. The summed E-state index contributed by atoms with van der Waals surface area (Å²) in [7, 11) is 0. The zero-order chi connectivity index (χ0) is 25.4. The van der Waals surface area contributed by atoms with Crippen molar-refractivity contribution in [2.45, 2.75) is 34.1 Å². The fourth-order valence-electron chi connectivity index (χ4n) is 4.08. The molecule has 35 heavy (non-hydrogen) atoms. The molecule has 0 aliphatic carbocycles. The fourth-order valence-corrected chi connectivity index (χ4v) is 4.36. The second kappa shape index (κ2) is 12.5. The van der Waals surface area contributed by atoms with E-state index in [-0.39, 0.29) is 5.82 Å². The lowest BCUT2D eigenvalue weighted by Gasteiger charge is -2.21. The van der Waals surface area contributed by atoms with E-state index in [4.69, 9.17) is 16.9 Å². The maximum absolute atomic E-state index is 13.9. The van der Waals surface area contributed by atoms with Crippen molar-refractivity contribution in [1.82, 2.24) is 0 Å². The molecule has 0 radical (unpaired) electrons. The summed E-state index contributed by atoms with van der Waals surface area (Å²) in [5.74, 6) is -0.00759. The topological polar surface area (TPSA) is 38.7 Å². The maximum Gasteiger partial charge on any atom is 0.133 e. The van der Waals surface area contributed by atoms with Crippen molar-refractivity contribution in [3.05, 3.63) is 117 Å². The van der Waals surface area contributed by atoms with E-state index < -0.39 is 0 Å². The van der Waals surface area contributed by atoms with E-state index >= 15 is 0 Å². The second-order valence-electron chi connectivity index (χ2n) is 8.86. The number of benzene rings is 3. The predicted octanol–water partition coefficient (Wildman–Crippen LogP) is 9.24. The minimum atomic E-state index is -0.360. The van der Waals surface area contributed by atoms with Crippen molar-refractivity contribution < 1.29 is 19.6 Å². The lowest BCUT2D eigenvalue weighted by Crippen LogP contribution is -2.00. The smallest absolute Gasteiger partial charge is 0.133 e. The second-order valence-corrected chi connectivity index (χ2v) is 9.26. The summed E-state index contributed by atoms with van der Waals surface area (Å²) in [6.45, 7) is 8.51. The van der Waals surface area contributed by atoms with Crippen LogP contribution in [0.5, 0.6) is 0 Å². The molecule has 3 aromatic rings. The van der Waals surface area contributed by atoms with Crippen LogP contribution < -0.4 is 0 Å². The lowest BCUT2D eigenvalue weighted by atomic mass is 9.84. The van der Waals surface area contributed by atoms with Crippen LogP contribution in [0.25, 0.3) is 23.3 Å². The lowest BCUT2D eigenvalue weighted by molar-refractivity contribution is -0.465. The standard InChI is InChI=1S/C30H30ClFO3/c1-20(2)17-28(27-14-13-26(32)19-29(27)31)30(22(4)18-25-8-6-5-7-21(25)3)24-11-9-23(10-12-24)15-16-34-35-33/h5-16,18-20,33H,17H2,1-4H3/b16-15+,22-18+,30-28-. The molecule has 0 aliphatic rings. The predicted molar refractivity (Wildman–Crippen MR) is 143 cm³/mol.